The third-order valence-electron chi connectivity index (χ3n) is 4.36. The Bertz CT molecular complexity index is 728. The van der Waals surface area contributed by atoms with Crippen LogP contribution in [0.5, 0.6) is 5.75 Å². The molecule has 2 rings (SSSR count). The van der Waals surface area contributed by atoms with E-state index in [0.717, 1.165) is 35.7 Å². The number of nitrogens with zero attached hydrogens (tertiary/aromatic N) is 2. The Balaban J connectivity index is 1.85. The van der Waals surface area contributed by atoms with Gasteiger partial charge in [-0.25, -0.2) is 4.99 Å². The summed E-state index contributed by atoms with van der Waals surface area (Å²) in [5.41, 5.74) is 0.170. The fourth-order valence-corrected chi connectivity index (χ4v) is 3.49. The van der Waals surface area contributed by atoms with E-state index in [-0.39, 0.29) is 0 Å². The van der Waals surface area contributed by atoms with Gasteiger partial charge in [-0.1, -0.05) is 18.2 Å². The first kappa shape index (κ1) is 23.2. The van der Waals surface area contributed by atoms with E-state index >= 15 is 0 Å². The number of hydrogen-bond donors (Lipinski definition) is 3. The maximum atomic E-state index is 10.7. The minimum atomic E-state index is -0.935. The lowest BCUT2D eigenvalue weighted by atomic mass is 10.1. The van der Waals surface area contributed by atoms with Gasteiger partial charge in [-0.2, -0.15) is 0 Å². The molecule has 7 heteroatoms. The fourth-order valence-electron chi connectivity index (χ4n) is 2.70. The number of benzene rings is 1. The van der Waals surface area contributed by atoms with Crippen LogP contribution >= 0.6 is 11.3 Å². The Morgan fingerprint density at radius 1 is 1.21 bits per heavy atom. The number of hydrogen-bond acceptors (Lipinski definition) is 5. The molecule has 0 bridgehead atoms. The summed E-state index contributed by atoms with van der Waals surface area (Å²) < 4.78 is 5.77. The van der Waals surface area contributed by atoms with E-state index in [2.05, 4.69) is 34.6 Å². The molecule has 0 aliphatic heterocycles. The van der Waals surface area contributed by atoms with E-state index in [9.17, 15) is 5.11 Å². The normalized spacial score (nSPS) is 13.9. The highest BCUT2D eigenvalue weighted by atomic mass is 32.1. The van der Waals surface area contributed by atoms with Gasteiger partial charge in [-0.3, -0.25) is 0 Å². The molecule has 1 atom stereocenters. The van der Waals surface area contributed by atoms with E-state index in [1.165, 1.54) is 0 Å². The first-order chi connectivity index (χ1) is 13.9. The lowest BCUT2D eigenvalue weighted by Crippen LogP contribution is -2.44. The molecule has 1 heterocycles. The van der Waals surface area contributed by atoms with E-state index in [0.29, 0.717) is 25.7 Å². The lowest BCUT2D eigenvalue weighted by molar-refractivity contribution is 0.0655. The topological polar surface area (TPSA) is 69.1 Å². The monoisotopic (exact) mass is 418 g/mol. The molecule has 29 heavy (non-hydrogen) atoms. The molecule has 1 unspecified atom stereocenters. The van der Waals surface area contributed by atoms with Crippen molar-refractivity contribution in [2.24, 2.45) is 4.99 Å². The number of guanidine groups is 1. The standard InChI is InChI=1S/C22H34N4O2S/c1-5-23-21(25-17-22(2,27)20-8-6-15-29-20)24-16-18-9-11-19(12-10-18)28-14-7-13-26(3)4/h6,8-12,15,27H,5,7,13-14,16-17H2,1-4H3,(H2,23,24,25). The van der Waals surface area contributed by atoms with Crippen molar-refractivity contribution in [3.8, 4) is 5.75 Å². The smallest absolute Gasteiger partial charge is 0.191 e. The first-order valence-electron chi connectivity index (χ1n) is 10.1. The van der Waals surface area contributed by atoms with Crippen molar-refractivity contribution in [2.45, 2.75) is 32.4 Å². The van der Waals surface area contributed by atoms with Gasteiger partial charge in [0.25, 0.3) is 0 Å². The molecule has 0 fully saturated rings. The van der Waals surface area contributed by atoms with Crippen LogP contribution in [-0.4, -0.2) is 56.3 Å². The van der Waals surface area contributed by atoms with Crippen LogP contribution in [-0.2, 0) is 12.1 Å². The highest BCUT2D eigenvalue weighted by molar-refractivity contribution is 7.10. The summed E-state index contributed by atoms with van der Waals surface area (Å²) in [7, 11) is 4.13. The molecule has 2 aromatic rings. The molecule has 0 aliphatic carbocycles. The Kier molecular flexibility index (Phi) is 9.44. The summed E-state index contributed by atoms with van der Waals surface area (Å²) in [6.07, 6.45) is 1.01. The van der Waals surface area contributed by atoms with Crippen molar-refractivity contribution in [3.63, 3.8) is 0 Å². The molecule has 0 amide bonds. The van der Waals surface area contributed by atoms with Crippen LogP contribution in [0.2, 0.25) is 0 Å². The minimum absolute atomic E-state index is 0.388. The summed E-state index contributed by atoms with van der Waals surface area (Å²) in [5.74, 6) is 1.57. The second kappa shape index (κ2) is 11.8. The Hall–Kier alpha value is -2.09. The summed E-state index contributed by atoms with van der Waals surface area (Å²) in [6, 6.07) is 11.9. The summed E-state index contributed by atoms with van der Waals surface area (Å²) in [5, 5.41) is 19.1. The van der Waals surface area contributed by atoms with E-state index in [1.807, 2.05) is 55.6 Å². The van der Waals surface area contributed by atoms with Crippen molar-refractivity contribution in [2.75, 3.05) is 40.3 Å². The Morgan fingerprint density at radius 3 is 2.59 bits per heavy atom. The van der Waals surface area contributed by atoms with Crippen LogP contribution < -0.4 is 15.4 Å². The number of ether oxygens (including phenoxy) is 1. The Morgan fingerprint density at radius 2 is 1.97 bits per heavy atom. The van der Waals surface area contributed by atoms with Crippen molar-refractivity contribution in [3.05, 3.63) is 52.2 Å². The zero-order chi connectivity index (χ0) is 21.1. The SMILES string of the molecule is CCNC(=NCc1ccc(OCCCN(C)C)cc1)NCC(C)(O)c1cccs1. The van der Waals surface area contributed by atoms with Crippen LogP contribution in [0.25, 0.3) is 0 Å². The van der Waals surface area contributed by atoms with Gasteiger partial charge >= 0.3 is 0 Å². The van der Waals surface area contributed by atoms with Crippen LogP contribution in [0.4, 0.5) is 0 Å². The van der Waals surface area contributed by atoms with Gasteiger partial charge in [-0.15, -0.1) is 11.3 Å². The molecular weight excluding hydrogens is 384 g/mol. The third kappa shape index (κ3) is 8.43. The van der Waals surface area contributed by atoms with Crippen LogP contribution in [0.3, 0.4) is 0 Å². The maximum absolute atomic E-state index is 10.7. The van der Waals surface area contributed by atoms with Crippen LogP contribution in [0.1, 0.15) is 30.7 Å². The number of aliphatic imine (C=N–C) groups is 1. The van der Waals surface area contributed by atoms with Crippen molar-refractivity contribution in [1.82, 2.24) is 15.5 Å². The molecule has 0 saturated carbocycles. The molecule has 3 N–H and O–H groups in total. The molecular formula is C22H34N4O2S. The third-order valence-corrected chi connectivity index (χ3v) is 5.48. The quantitative estimate of drug-likeness (QED) is 0.297. The van der Waals surface area contributed by atoms with Gasteiger partial charge in [-0.05, 0) is 63.5 Å². The van der Waals surface area contributed by atoms with Gasteiger partial charge in [0.1, 0.15) is 11.4 Å². The van der Waals surface area contributed by atoms with Gasteiger partial charge in [0.15, 0.2) is 5.96 Å². The second-order valence-corrected chi connectivity index (χ2v) is 8.40. The largest absolute Gasteiger partial charge is 0.494 e. The molecule has 1 aromatic heterocycles. The van der Waals surface area contributed by atoms with Gasteiger partial charge < -0.3 is 25.4 Å². The van der Waals surface area contributed by atoms with Gasteiger partial charge in [0, 0.05) is 18.0 Å². The summed E-state index contributed by atoms with van der Waals surface area (Å²) in [4.78, 5) is 7.72. The number of thiophene rings is 1. The average molecular weight is 419 g/mol. The first-order valence-corrected chi connectivity index (χ1v) is 10.9. The zero-order valence-electron chi connectivity index (χ0n) is 17.9. The van der Waals surface area contributed by atoms with E-state index in [1.54, 1.807) is 11.3 Å². The number of rotatable bonds is 11. The van der Waals surface area contributed by atoms with Crippen molar-refractivity contribution in [1.29, 1.82) is 0 Å². The lowest BCUT2D eigenvalue weighted by Gasteiger charge is -2.23. The number of nitrogens with one attached hydrogen (secondary N) is 2. The average Bonchev–Trinajstić information content (AvgIpc) is 3.24. The minimum Gasteiger partial charge on any atom is -0.494 e. The fraction of sp³-hybridized carbons (Fsp3) is 0.500. The molecule has 0 radical (unpaired) electrons. The number of aliphatic hydroxyl groups is 1. The van der Waals surface area contributed by atoms with Crippen LogP contribution in [0, 0.1) is 0 Å². The maximum Gasteiger partial charge on any atom is 0.191 e. The summed E-state index contributed by atoms with van der Waals surface area (Å²) >= 11 is 1.55. The molecule has 1 aromatic carbocycles. The van der Waals surface area contributed by atoms with E-state index in [4.69, 9.17) is 4.74 Å². The predicted molar refractivity (Wildman–Crippen MR) is 122 cm³/mol. The molecule has 0 aliphatic rings. The molecule has 6 nitrogen and oxygen atoms in total. The second-order valence-electron chi connectivity index (χ2n) is 7.45. The van der Waals surface area contributed by atoms with Crippen LogP contribution in [0.15, 0.2) is 46.8 Å². The van der Waals surface area contributed by atoms with Gasteiger partial charge in [0.05, 0.1) is 19.7 Å². The van der Waals surface area contributed by atoms with Crippen molar-refractivity contribution < 1.29 is 9.84 Å². The molecule has 0 spiro atoms. The zero-order valence-corrected chi connectivity index (χ0v) is 18.8. The van der Waals surface area contributed by atoms with E-state index < -0.39 is 5.60 Å². The Labute approximate surface area is 178 Å². The summed E-state index contributed by atoms with van der Waals surface area (Å²) in [6.45, 7) is 7.27. The molecule has 0 saturated heterocycles. The highest BCUT2D eigenvalue weighted by Gasteiger charge is 2.24. The molecule has 160 valence electrons. The predicted octanol–water partition coefficient (Wildman–Crippen LogP) is 3.04. The van der Waals surface area contributed by atoms with Gasteiger partial charge in [0.2, 0.25) is 0 Å². The van der Waals surface area contributed by atoms with Crippen molar-refractivity contribution >= 4 is 17.3 Å². The highest BCUT2D eigenvalue weighted by Crippen LogP contribution is 2.24.